The Labute approximate surface area is 104 Å². The van der Waals surface area contributed by atoms with E-state index >= 15 is 0 Å². The SMILES string of the molecule is CCC(=O)c1ccc(CC2CCCCC2)cc1. The van der Waals surface area contributed by atoms with Gasteiger partial charge in [0.1, 0.15) is 0 Å². The topological polar surface area (TPSA) is 17.1 Å². The molecule has 2 rings (SSSR count). The Kier molecular flexibility index (Phi) is 4.36. The third-order valence-corrected chi connectivity index (χ3v) is 3.85. The summed E-state index contributed by atoms with van der Waals surface area (Å²) in [5.74, 6) is 1.12. The van der Waals surface area contributed by atoms with Crippen LogP contribution in [0.4, 0.5) is 0 Å². The lowest BCUT2D eigenvalue weighted by molar-refractivity contribution is 0.0988. The van der Waals surface area contributed by atoms with Crippen molar-refractivity contribution in [1.82, 2.24) is 0 Å². The smallest absolute Gasteiger partial charge is 0.162 e. The molecular formula is C16H22O. The van der Waals surface area contributed by atoms with E-state index in [-0.39, 0.29) is 5.78 Å². The predicted octanol–water partition coefficient (Wildman–Crippen LogP) is 4.40. The lowest BCUT2D eigenvalue weighted by Crippen LogP contribution is -2.09. The summed E-state index contributed by atoms with van der Waals surface area (Å²) in [4.78, 5) is 11.5. The van der Waals surface area contributed by atoms with E-state index in [0.717, 1.165) is 11.5 Å². The second kappa shape index (κ2) is 6.00. The summed E-state index contributed by atoms with van der Waals surface area (Å²) in [6.07, 6.45) is 8.78. The molecule has 0 spiro atoms. The highest BCUT2D eigenvalue weighted by Gasteiger charge is 2.13. The minimum Gasteiger partial charge on any atom is -0.294 e. The summed E-state index contributed by atoms with van der Waals surface area (Å²) in [5.41, 5.74) is 2.25. The quantitative estimate of drug-likeness (QED) is 0.700. The molecule has 0 aromatic heterocycles. The van der Waals surface area contributed by atoms with Gasteiger partial charge in [0.15, 0.2) is 5.78 Å². The average molecular weight is 230 g/mol. The monoisotopic (exact) mass is 230 g/mol. The maximum atomic E-state index is 11.5. The first-order chi connectivity index (χ1) is 8.29. The number of hydrogen-bond donors (Lipinski definition) is 0. The molecule has 0 heterocycles. The highest BCUT2D eigenvalue weighted by molar-refractivity contribution is 5.95. The van der Waals surface area contributed by atoms with Gasteiger partial charge in [0.25, 0.3) is 0 Å². The van der Waals surface area contributed by atoms with E-state index < -0.39 is 0 Å². The van der Waals surface area contributed by atoms with Crippen LogP contribution in [0, 0.1) is 5.92 Å². The van der Waals surface area contributed by atoms with Crippen molar-refractivity contribution >= 4 is 5.78 Å². The van der Waals surface area contributed by atoms with Crippen molar-refractivity contribution in [3.05, 3.63) is 35.4 Å². The molecule has 17 heavy (non-hydrogen) atoms. The van der Waals surface area contributed by atoms with Gasteiger partial charge in [0, 0.05) is 12.0 Å². The van der Waals surface area contributed by atoms with E-state index in [0.29, 0.717) is 6.42 Å². The van der Waals surface area contributed by atoms with Gasteiger partial charge in [-0.15, -0.1) is 0 Å². The normalized spacial score (nSPS) is 17.0. The Hall–Kier alpha value is -1.11. The molecule has 1 aliphatic rings. The lowest BCUT2D eigenvalue weighted by atomic mass is 9.85. The molecule has 0 atom stereocenters. The summed E-state index contributed by atoms with van der Waals surface area (Å²) >= 11 is 0. The van der Waals surface area contributed by atoms with Crippen LogP contribution in [0.15, 0.2) is 24.3 Å². The Balaban J connectivity index is 1.95. The highest BCUT2D eigenvalue weighted by Crippen LogP contribution is 2.26. The molecule has 0 amide bonds. The van der Waals surface area contributed by atoms with Crippen LogP contribution in [-0.2, 0) is 6.42 Å². The van der Waals surface area contributed by atoms with Crippen molar-refractivity contribution in [3.8, 4) is 0 Å². The number of Topliss-reactive ketones (excluding diaryl/α,β-unsaturated/α-hetero) is 1. The van der Waals surface area contributed by atoms with Gasteiger partial charge < -0.3 is 0 Å². The van der Waals surface area contributed by atoms with Gasteiger partial charge in [-0.2, -0.15) is 0 Å². The van der Waals surface area contributed by atoms with Gasteiger partial charge in [-0.25, -0.2) is 0 Å². The molecule has 1 aliphatic carbocycles. The molecular weight excluding hydrogens is 208 g/mol. The number of hydrogen-bond acceptors (Lipinski definition) is 1. The summed E-state index contributed by atoms with van der Waals surface area (Å²) in [6.45, 7) is 1.91. The summed E-state index contributed by atoms with van der Waals surface area (Å²) in [7, 11) is 0. The Morgan fingerprint density at radius 2 is 1.76 bits per heavy atom. The van der Waals surface area contributed by atoms with E-state index in [1.165, 1.54) is 44.1 Å². The predicted molar refractivity (Wildman–Crippen MR) is 71.3 cm³/mol. The minimum atomic E-state index is 0.245. The third-order valence-electron chi connectivity index (χ3n) is 3.85. The Morgan fingerprint density at radius 1 is 1.12 bits per heavy atom. The van der Waals surface area contributed by atoms with Crippen LogP contribution in [0.3, 0.4) is 0 Å². The fraction of sp³-hybridized carbons (Fsp3) is 0.562. The molecule has 0 bridgehead atoms. The molecule has 1 saturated carbocycles. The number of rotatable bonds is 4. The molecule has 1 fully saturated rings. The first kappa shape index (κ1) is 12.3. The van der Waals surface area contributed by atoms with E-state index in [4.69, 9.17) is 0 Å². The molecule has 0 aliphatic heterocycles. The van der Waals surface area contributed by atoms with Crippen molar-refractivity contribution in [2.75, 3.05) is 0 Å². The molecule has 92 valence electrons. The third kappa shape index (κ3) is 3.42. The summed E-state index contributed by atoms with van der Waals surface area (Å²) in [6, 6.07) is 8.25. The zero-order valence-electron chi connectivity index (χ0n) is 10.7. The van der Waals surface area contributed by atoms with E-state index in [1.807, 2.05) is 19.1 Å². The number of carbonyl (C=O) groups is 1. The van der Waals surface area contributed by atoms with Crippen LogP contribution in [0.2, 0.25) is 0 Å². The van der Waals surface area contributed by atoms with Crippen LogP contribution in [0.5, 0.6) is 0 Å². The fourth-order valence-electron chi connectivity index (χ4n) is 2.76. The summed E-state index contributed by atoms with van der Waals surface area (Å²) < 4.78 is 0. The van der Waals surface area contributed by atoms with E-state index in [1.54, 1.807) is 0 Å². The van der Waals surface area contributed by atoms with Gasteiger partial charge in [0.05, 0.1) is 0 Å². The second-order valence-electron chi connectivity index (χ2n) is 5.18. The molecule has 0 N–H and O–H groups in total. The van der Waals surface area contributed by atoms with Crippen LogP contribution in [-0.4, -0.2) is 5.78 Å². The average Bonchev–Trinajstić information content (AvgIpc) is 2.40. The Morgan fingerprint density at radius 3 is 2.35 bits per heavy atom. The molecule has 1 nitrogen and oxygen atoms in total. The molecule has 1 aromatic rings. The zero-order chi connectivity index (χ0) is 12.1. The number of carbonyl (C=O) groups excluding carboxylic acids is 1. The van der Waals surface area contributed by atoms with Crippen LogP contribution in [0.1, 0.15) is 61.4 Å². The minimum absolute atomic E-state index is 0.245. The van der Waals surface area contributed by atoms with Crippen LogP contribution < -0.4 is 0 Å². The van der Waals surface area contributed by atoms with Crippen molar-refractivity contribution in [1.29, 1.82) is 0 Å². The van der Waals surface area contributed by atoms with Gasteiger partial charge in [0.2, 0.25) is 0 Å². The Bertz CT molecular complexity index is 358. The van der Waals surface area contributed by atoms with Crippen molar-refractivity contribution in [2.24, 2.45) is 5.92 Å². The molecule has 1 heteroatoms. The maximum Gasteiger partial charge on any atom is 0.162 e. The second-order valence-corrected chi connectivity index (χ2v) is 5.18. The number of ketones is 1. The molecule has 0 saturated heterocycles. The first-order valence-corrected chi connectivity index (χ1v) is 6.91. The van der Waals surface area contributed by atoms with Gasteiger partial charge >= 0.3 is 0 Å². The molecule has 0 unspecified atom stereocenters. The van der Waals surface area contributed by atoms with Gasteiger partial charge in [-0.3, -0.25) is 4.79 Å². The zero-order valence-corrected chi connectivity index (χ0v) is 10.7. The summed E-state index contributed by atoms with van der Waals surface area (Å²) in [5, 5.41) is 0. The van der Waals surface area contributed by atoms with Gasteiger partial charge in [-0.1, -0.05) is 63.3 Å². The van der Waals surface area contributed by atoms with Gasteiger partial charge in [-0.05, 0) is 17.9 Å². The van der Waals surface area contributed by atoms with E-state index in [2.05, 4.69) is 12.1 Å². The fourth-order valence-corrected chi connectivity index (χ4v) is 2.76. The standard InChI is InChI=1S/C16H22O/c1-2-16(17)15-10-8-14(9-11-15)12-13-6-4-3-5-7-13/h8-11,13H,2-7,12H2,1H3. The maximum absolute atomic E-state index is 11.5. The molecule has 0 radical (unpaired) electrons. The van der Waals surface area contributed by atoms with Crippen LogP contribution in [0.25, 0.3) is 0 Å². The largest absolute Gasteiger partial charge is 0.294 e. The van der Waals surface area contributed by atoms with Crippen molar-refractivity contribution < 1.29 is 4.79 Å². The highest BCUT2D eigenvalue weighted by atomic mass is 16.1. The van der Waals surface area contributed by atoms with Crippen molar-refractivity contribution in [3.63, 3.8) is 0 Å². The first-order valence-electron chi connectivity index (χ1n) is 6.91. The van der Waals surface area contributed by atoms with E-state index in [9.17, 15) is 4.79 Å². The van der Waals surface area contributed by atoms with Crippen molar-refractivity contribution in [2.45, 2.75) is 51.9 Å². The lowest BCUT2D eigenvalue weighted by Gasteiger charge is -2.21. The molecule has 1 aromatic carbocycles. The van der Waals surface area contributed by atoms with Crippen LogP contribution >= 0.6 is 0 Å². The number of benzene rings is 1.